The zero-order chi connectivity index (χ0) is 11.9. The molecule has 88 valence electrons. The average Bonchev–Trinajstić information content (AvgIpc) is 2.97. The quantitative estimate of drug-likeness (QED) is 0.849. The van der Waals surface area contributed by atoms with Crippen molar-refractivity contribution in [2.24, 2.45) is 0 Å². The van der Waals surface area contributed by atoms with Crippen molar-refractivity contribution in [3.05, 3.63) is 17.7 Å². The fourth-order valence-corrected chi connectivity index (χ4v) is 1.53. The predicted octanol–water partition coefficient (Wildman–Crippen LogP) is 2.28. The van der Waals surface area contributed by atoms with Crippen LogP contribution < -0.4 is 10.6 Å². The van der Waals surface area contributed by atoms with E-state index in [1.54, 1.807) is 11.9 Å². The molecule has 16 heavy (non-hydrogen) atoms. The van der Waals surface area contributed by atoms with Crippen LogP contribution in [0.5, 0.6) is 0 Å². The van der Waals surface area contributed by atoms with Crippen molar-refractivity contribution in [3.63, 3.8) is 0 Å². The fraction of sp³-hybridized carbons (Fsp3) is 0.500. The molecule has 1 aliphatic carbocycles. The van der Waals surface area contributed by atoms with Crippen LogP contribution in [0.25, 0.3) is 0 Å². The summed E-state index contributed by atoms with van der Waals surface area (Å²) in [6.07, 6.45) is -2.39. The van der Waals surface area contributed by atoms with Gasteiger partial charge in [-0.15, -0.1) is 0 Å². The van der Waals surface area contributed by atoms with E-state index >= 15 is 0 Å². The minimum Gasteiger partial charge on any atom is -0.384 e. The second-order valence-corrected chi connectivity index (χ2v) is 3.98. The molecule has 1 fully saturated rings. The van der Waals surface area contributed by atoms with Gasteiger partial charge in [0.25, 0.3) is 0 Å². The van der Waals surface area contributed by atoms with Gasteiger partial charge in [0.15, 0.2) is 0 Å². The summed E-state index contributed by atoms with van der Waals surface area (Å²) in [5.74, 6) is 0.187. The van der Waals surface area contributed by atoms with Crippen molar-refractivity contribution >= 4 is 11.6 Å². The van der Waals surface area contributed by atoms with Crippen LogP contribution >= 0.6 is 0 Å². The highest BCUT2D eigenvalue weighted by atomic mass is 19.4. The van der Waals surface area contributed by atoms with E-state index in [1.165, 1.54) is 0 Å². The molecular weight excluding hydrogens is 219 g/mol. The van der Waals surface area contributed by atoms with Crippen LogP contribution in [0, 0.1) is 0 Å². The van der Waals surface area contributed by atoms with E-state index in [0.717, 1.165) is 25.0 Å². The number of aromatic nitrogens is 1. The van der Waals surface area contributed by atoms with Gasteiger partial charge in [-0.2, -0.15) is 13.2 Å². The molecule has 0 saturated heterocycles. The third-order valence-corrected chi connectivity index (χ3v) is 2.61. The van der Waals surface area contributed by atoms with E-state index in [1.807, 2.05) is 0 Å². The fourth-order valence-electron chi connectivity index (χ4n) is 1.53. The number of nitrogens with two attached hydrogens (primary N) is 1. The van der Waals surface area contributed by atoms with Crippen molar-refractivity contribution < 1.29 is 13.2 Å². The minimum atomic E-state index is -4.38. The number of nitrogen functional groups attached to an aromatic ring is 1. The van der Waals surface area contributed by atoms with Crippen molar-refractivity contribution in [2.45, 2.75) is 25.1 Å². The molecule has 0 aliphatic heterocycles. The Bertz CT molecular complexity index is 399. The lowest BCUT2D eigenvalue weighted by molar-refractivity contribution is -0.137. The van der Waals surface area contributed by atoms with Crippen LogP contribution in [0.15, 0.2) is 12.1 Å². The second kappa shape index (κ2) is 3.54. The van der Waals surface area contributed by atoms with E-state index in [2.05, 4.69) is 4.98 Å². The maximum absolute atomic E-state index is 12.5. The van der Waals surface area contributed by atoms with Gasteiger partial charge in [0.2, 0.25) is 0 Å². The standard InChI is InChI=1S/C10H12F3N3/c1-16(7-2-3-7)9-5-6(10(11,12)13)4-8(14)15-9/h4-5,7H,2-3H2,1H3,(H2,14,15). The summed E-state index contributed by atoms with van der Waals surface area (Å²) in [5.41, 5.74) is 4.63. The molecule has 0 radical (unpaired) electrons. The number of nitrogens with zero attached hydrogens (tertiary/aromatic N) is 2. The molecule has 0 bridgehead atoms. The van der Waals surface area contributed by atoms with Gasteiger partial charge in [0, 0.05) is 13.1 Å². The molecule has 1 aromatic rings. The topological polar surface area (TPSA) is 42.1 Å². The van der Waals surface area contributed by atoms with Crippen LogP contribution in [0.2, 0.25) is 0 Å². The summed E-state index contributed by atoms with van der Waals surface area (Å²) in [4.78, 5) is 5.65. The van der Waals surface area contributed by atoms with Gasteiger partial charge in [-0.25, -0.2) is 4.98 Å². The Morgan fingerprint density at radius 2 is 2.00 bits per heavy atom. The summed E-state index contributed by atoms with van der Waals surface area (Å²) in [5, 5.41) is 0. The van der Waals surface area contributed by atoms with Crippen LogP contribution in [0.4, 0.5) is 24.8 Å². The van der Waals surface area contributed by atoms with Crippen LogP contribution in [-0.4, -0.2) is 18.1 Å². The number of hydrogen-bond donors (Lipinski definition) is 1. The first kappa shape index (κ1) is 11.0. The third kappa shape index (κ3) is 2.20. The first-order chi connectivity index (χ1) is 7.38. The Kier molecular flexibility index (Phi) is 2.44. The smallest absolute Gasteiger partial charge is 0.384 e. The molecule has 0 atom stereocenters. The van der Waals surface area contributed by atoms with Gasteiger partial charge in [-0.05, 0) is 25.0 Å². The number of pyridine rings is 1. The van der Waals surface area contributed by atoms with E-state index in [9.17, 15) is 13.2 Å². The summed E-state index contributed by atoms with van der Waals surface area (Å²) < 4.78 is 37.6. The zero-order valence-electron chi connectivity index (χ0n) is 8.75. The predicted molar refractivity (Wildman–Crippen MR) is 55.1 cm³/mol. The summed E-state index contributed by atoms with van der Waals surface area (Å²) in [6.45, 7) is 0. The summed E-state index contributed by atoms with van der Waals surface area (Å²) >= 11 is 0. The molecular formula is C10H12F3N3. The van der Waals surface area contributed by atoms with Crippen molar-refractivity contribution in [3.8, 4) is 0 Å². The van der Waals surface area contributed by atoms with Gasteiger partial charge in [-0.1, -0.05) is 0 Å². The highest BCUT2D eigenvalue weighted by Gasteiger charge is 2.33. The van der Waals surface area contributed by atoms with E-state index in [4.69, 9.17) is 5.73 Å². The van der Waals surface area contributed by atoms with Gasteiger partial charge in [0.1, 0.15) is 11.6 Å². The average molecular weight is 231 g/mol. The van der Waals surface area contributed by atoms with Crippen LogP contribution in [-0.2, 0) is 6.18 Å². The Balaban J connectivity index is 2.35. The second-order valence-electron chi connectivity index (χ2n) is 3.98. The van der Waals surface area contributed by atoms with Gasteiger partial charge in [-0.3, -0.25) is 0 Å². The molecule has 3 nitrogen and oxygen atoms in total. The SMILES string of the molecule is CN(c1cc(C(F)(F)F)cc(N)n1)C1CC1. The van der Waals surface area contributed by atoms with Crippen LogP contribution in [0.3, 0.4) is 0 Å². The molecule has 0 unspecified atom stereocenters. The molecule has 0 spiro atoms. The van der Waals surface area contributed by atoms with E-state index < -0.39 is 11.7 Å². The lowest BCUT2D eigenvalue weighted by Gasteiger charge is -2.19. The molecule has 1 aromatic heterocycles. The van der Waals surface area contributed by atoms with Crippen molar-refractivity contribution in [1.29, 1.82) is 0 Å². The van der Waals surface area contributed by atoms with E-state index in [-0.39, 0.29) is 11.6 Å². The number of anilines is 2. The monoisotopic (exact) mass is 231 g/mol. The Morgan fingerprint density at radius 1 is 1.38 bits per heavy atom. The number of alkyl halides is 3. The molecule has 1 saturated carbocycles. The highest BCUT2D eigenvalue weighted by Crippen LogP contribution is 2.34. The third-order valence-electron chi connectivity index (χ3n) is 2.61. The maximum atomic E-state index is 12.5. The molecule has 6 heteroatoms. The van der Waals surface area contributed by atoms with Gasteiger partial charge in [0.05, 0.1) is 5.56 Å². The van der Waals surface area contributed by atoms with Gasteiger partial charge < -0.3 is 10.6 Å². The molecule has 0 amide bonds. The number of halogens is 3. The molecule has 2 N–H and O–H groups in total. The molecule has 1 heterocycles. The minimum absolute atomic E-state index is 0.0997. The highest BCUT2D eigenvalue weighted by molar-refractivity contribution is 5.50. The Morgan fingerprint density at radius 3 is 2.50 bits per heavy atom. The number of rotatable bonds is 2. The lowest BCUT2D eigenvalue weighted by Crippen LogP contribution is -2.22. The summed E-state index contributed by atoms with van der Waals surface area (Å²) in [6, 6.07) is 2.19. The van der Waals surface area contributed by atoms with Crippen molar-refractivity contribution in [1.82, 2.24) is 4.98 Å². The molecule has 2 rings (SSSR count). The molecule has 0 aromatic carbocycles. The Labute approximate surface area is 91.1 Å². The first-order valence-corrected chi connectivity index (χ1v) is 4.95. The zero-order valence-corrected chi connectivity index (χ0v) is 8.75. The van der Waals surface area contributed by atoms with Crippen molar-refractivity contribution in [2.75, 3.05) is 17.7 Å². The normalized spacial score (nSPS) is 16.2. The maximum Gasteiger partial charge on any atom is 0.416 e. The number of hydrogen-bond acceptors (Lipinski definition) is 3. The lowest BCUT2D eigenvalue weighted by atomic mass is 10.2. The Hall–Kier alpha value is -1.46. The molecule has 1 aliphatic rings. The van der Waals surface area contributed by atoms with E-state index in [0.29, 0.717) is 6.04 Å². The van der Waals surface area contributed by atoms with Gasteiger partial charge >= 0.3 is 6.18 Å². The first-order valence-electron chi connectivity index (χ1n) is 4.95. The summed E-state index contributed by atoms with van der Waals surface area (Å²) in [7, 11) is 1.74. The largest absolute Gasteiger partial charge is 0.416 e. The van der Waals surface area contributed by atoms with Crippen LogP contribution in [0.1, 0.15) is 18.4 Å².